The number of aromatic nitrogens is 2. The van der Waals surface area contributed by atoms with Gasteiger partial charge in [0, 0.05) is 12.7 Å². The van der Waals surface area contributed by atoms with E-state index in [1.54, 1.807) is 6.92 Å². The number of nitriles is 1. The molecule has 0 N–H and O–H groups in total. The lowest BCUT2D eigenvalue weighted by Crippen LogP contribution is -2.41. The summed E-state index contributed by atoms with van der Waals surface area (Å²) in [7, 11) is 0. The van der Waals surface area contributed by atoms with Gasteiger partial charge < -0.3 is 0 Å². The summed E-state index contributed by atoms with van der Waals surface area (Å²) in [4.78, 5) is 24.5. The first kappa shape index (κ1) is 14.8. The lowest BCUT2D eigenvalue weighted by Gasteiger charge is -2.11. The van der Waals surface area contributed by atoms with Crippen LogP contribution >= 0.6 is 0 Å². The van der Waals surface area contributed by atoms with Gasteiger partial charge in [-0.05, 0) is 31.9 Å². The van der Waals surface area contributed by atoms with Crippen LogP contribution in [0.2, 0.25) is 0 Å². The maximum atomic E-state index is 12.3. The van der Waals surface area contributed by atoms with Gasteiger partial charge >= 0.3 is 5.69 Å². The quantitative estimate of drug-likeness (QED) is 0.858. The van der Waals surface area contributed by atoms with E-state index in [2.05, 4.69) is 0 Å². The second-order valence-electron chi connectivity index (χ2n) is 5.04. The average molecular weight is 283 g/mol. The zero-order chi connectivity index (χ0) is 15.6. The average Bonchev–Trinajstić information content (AvgIpc) is 2.47. The highest BCUT2D eigenvalue weighted by molar-refractivity contribution is 5.31. The van der Waals surface area contributed by atoms with Crippen molar-refractivity contribution in [1.82, 2.24) is 9.13 Å². The Balaban J connectivity index is 2.64. The van der Waals surface area contributed by atoms with Crippen LogP contribution in [0.25, 0.3) is 0 Å². The number of aryl methyl sites for hydroxylation is 3. The standard InChI is InChI=1S/C16H17N3O2/c1-4-18-9-14(8-17)15(20)19(16(18)21)10-13-7-11(2)5-6-12(13)3/h5-7,9H,4,10H2,1-3H3. The van der Waals surface area contributed by atoms with E-state index >= 15 is 0 Å². The molecule has 0 saturated carbocycles. The second-order valence-corrected chi connectivity index (χ2v) is 5.04. The summed E-state index contributed by atoms with van der Waals surface area (Å²) in [6.45, 7) is 6.30. The molecule has 0 saturated heterocycles. The normalized spacial score (nSPS) is 10.4. The Morgan fingerprint density at radius 3 is 2.57 bits per heavy atom. The molecule has 0 aliphatic carbocycles. The molecule has 2 aromatic rings. The minimum atomic E-state index is -0.534. The maximum absolute atomic E-state index is 12.3. The molecule has 0 amide bonds. The highest BCUT2D eigenvalue weighted by Crippen LogP contribution is 2.11. The summed E-state index contributed by atoms with van der Waals surface area (Å²) in [5.41, 5.74) is 2.05. The van der Waals surface area contributed by atoms with E-state index in [4.69, 9.17) is 5.26 Å². The molecule has 1 aromatic carbocycles. The molecule has 0 unspecified atom stereocenters. The first-order chi connectivity index (χ1) is 9.97. The van der Waals surface area contributed by atoms with Crippen LogP contribution < -0.4 is 11.2 Å². The Labute approximate surface area is 122 Å². The highest BCUT2D eigenvalue weighted by Gasteiger charge is 2.12. The van der Waals surface area contributed by atoms with Crippen molar-refractivity contribution in [2.24, 2.45) is 0 Å². The van der Waals surface area contributed by atoms with E-state index in [9.17, 15) is 9.59 Å². The molecule has 2 rings (SSSR count). The summed E-state index contributed by atoms with van der Waals surface area (Å²) in [6.07, 6.45) is 1.32. The third kappa shape index (κ3) is 2.79. The predicted molar refractivity (Wildman–Crippen MR) is 80.4 cm³/mol. The van der Waals surface area contributed by atoms with Gasteiger partial charge in [0.25, 0.3) is 5.56 Å². The van der Waals surface area contributed by atoms with Crippen LogP contribution in [-0.4, -0.2) is 9.13 Å². The Morgan fingerprint density at radius 1 is 1.24 bits per heavy atom. The molecule has 108 valence electrons. The third-order valence-electron chi connectivity index (χ3n) is 3.53. The van der Waals surface area contributed by atoms with Crippen LogP contribution in [0.3, 0.4) is 0 Å². The van der Waals surface area contributed by atoms with Crippen molar-refractivity contribution in [2.75, 3.05) is 0 Å². The van der Waals surface area contributed by atoms with Gasteiger partial charge in [0.2, 0.25) is 0 Å². The molecule has 1 aromatic heterocycles. The van der Waals surface area contributed by atoms with Crippen LogP contribution in [0.5, 0.6) is 0 Å². The van der Waals surface area contributed by atoms with Crippen molar-refractivity contribution >= 4 is 0 Å². The van der Waals surface area contributed by atoms with Crippen molar-refractivity contribution in [1.29, 1.82) is 5.26 Å². The Bertz CT molecular complexity index is 838. The molecular formula is C16H17N3O2. The summed E-state index contributed by atoms with van der Waals surface area (Å²) >= 11 is 0. The van der Waals surface area contributed by atoms with Crippen LogP contribution in [0.15, 0.2) is 34.0 Å². The lowest BCUT2D eigenvalue weighted by atomic mass is 10.1. The summed E-state index contributed by atoms with van der Waals surface area (Å²) in [6, 6.07) is 7.76. The molecule has 1 heterocycles. The largest absolute Gasteiger partial charge is 0.331 e. The molecule has 21 heavy (non-hydrogen) atoms. The van der Waals surface area contributed by atoms with Crippen molar-refractivity contribution in [3.8, 4) is 6.07 Å². The fraction of sp³-hybridized carbons (Fsp3) is 0.312. The van der Waals surface area contributed by atoms with Gasteiger partial charge in [0.1, 0.15) is 11.6 Å². The Hall–Kier alpha value is -2.61. The molecule has 0 aliphatic rings. The van der Waals surface area contributed by atoms with E-state index in [0.29, 0.717) is 6.54 Å². The lowest BCUT2D eigenvalue weighted by molar-refractivity contribution is 0.596. The molecule has 0 fully saturated rings. The number of nitrogens with zero attached hydrogens (tertiary/aromatic N) is 3. The molecule has 5 heteroatoms. The van der Waals surface area contributed by atoms with Crippen LogP contribution in [0.4, 0.5) is 0 Å². The fourth-order valence-electron chi connectivity index (χ4n) is 2.24. The number of hydrogen-bond donors (Lipinski definition) is 0. The predicted octanol–water partition coefficient (Wildman–Crippen LogP) is 1.57. The monoisotopic (exact) mass is 283 g/mol. The van der Waals surface area contributed by atoms with Crippen LogP contribution in [0, 0.1) is 25.2 Å². The van der Waals surface area contributed by atoms with Gasteiger partial charge in [-0.15, -0.1) is 0 Å². The van der Waals surface area contributed by atoms with Gasteiger partial charge in [-0.1, -0.05) is 23.8 Å². The fourth-order valence-corrected chi connectivity index (χ4v) is 2.24. The first-order valence-electron chi connectivity index (χ1n) is 6.78. The van der Waals surface area contributed by atoms with Gasteiger partial charge in [-0.3, -0.25) is 13.9 Å². The number of rotatable bonds is 3. The van der Waals surface area contributed by atoms with Gasteiger partial charge in [0.05, 0.1) is 6.54 Å². The van der Waals surface area contributed by atoms with Crippen LogP contribution in [0.1, 0.15) is 29.2 Å². The van der Waals surface area contributed by atoms with Crippen molar-refractivity contribution in [2.45, 2.75) is 33.9 Å². The molecule has 5 nitrogen and oxygen atoms in total. The minimum absolute atomic E-state index is 0.0123. The van der Waals surface area contributed by atoms with E-state index in [-0.39, 0.29) is 17.8 Å². The molecule has 0 atom stereocenters. The van der Waals surface area contributed by atoms with Gasteiger partial charge in [0.15, 0.2) is 0 Å². The van der Waals surface area contributed by atoms with Gasteiger partial charge in [-0.25, -0.2) is 4.79 Å². The van der Waals surface area contributed by atoms with Crippen LogP contribution in [-0.2, 0) is 13.1 Å². The molecule has 0 aliphatic heterocycles. The van der Waals surface area contributed by atoms with E-state index < -0.39 is 5.56 Å². The molecule has 0 radical (unpaired) electrons. The second kappa shape index (κ2) is 5.80. The van der Waals surface area contributed by atoms with E-state index in [1.165, 1.54) is 10.8 Å². The Morgan fingerprint density at radius 2 is 1.95 bits per heavy atom. The van der Waals surface area contributed by atoms with Crippen molar-refractivity contribution < 1.29 is 0 Å². The zero-order valence-electron chi connectivity index (χ0n) is 12.4. The van der Waals surface area contributed by atoms with Crippen molar-refractivity contribution in [3.63, 3.8) is 0 Å². The zero-order valence-corrected chi connectivity index (χ0v) is 12.4. The maximum Gasteiger partial charge on any atom is 0.331 e. The van der Waals surface area contributed by atoms with Gasteiger partial charge in [-0.2, -0.15) is 5.26 Å². The minimum Gasteiger partial charge on any atom is -0.299 e. The summed E-state index contributed by atoms with van der Waals surface area (Å²) in [5.74, 6) is 0. The molecule has 0 spiro atoms. The Kier molecular flexibility index (Phi) is 4.08. The van der Waals surface area contributed by atoms with E-state index in [1.807, 2.05) is 38.1 Å². The number of benzene rings is 1. The highest BCUT2D eigenvalue weighted by atomic mass is 16.2. The topological polar surface area (TPSA) is 67.8 Å². The summed E-state index contributed by atoms with van der Waals surface area (Å²) in [5, 5.41) is 9.04. The summed E-state index contributed by atoms with van der Waals surface area (Å²) < 4.78 is 2.51. The molecular weight excluding hydrogens is 266 g/mol. The van der Waals surface area contributed by atoms with Crippen molar-refractivity contribution in [3.05, 3.63) is 67.5 Å². The smallest absolute Gasteiger partial charge is 0.299 e. The third-order valence-corrected chi connectivity index (χ3v) is 3.53. The molecule has 0 bridgehead atoms. The first-order valence-corrected chi connectivity index (χ1v) is 6.78. The number of hydrogen-bond acceptors (Lipinski definition) is 3. The van der Waals surface area contributed by atoms with E-state index in [0.717, 1.165) is 21.3 Å². The SMILES string of the molecule is CCn1cc(C#N)c(=O)n(Cc2cc(C)ccc2C)c1=O.